The van der Waals surface area contributed by atoms with E-state index in [1.807, 2.05) is 30.3 Å². The number of pyridine rings is 1. The third kappa shape index (κ3) is 3.16. The molecule has 1 N–H and O–H groups in total. The fraction of sp³-hybridized carbons (Fsp3) is 0.375. The number of likely N-dealkylation sites (tertiary alicyclic amines) is 1. The molecule has 3 rings (SSSR count). The number of piperidine rings is 1. The number of halogens is 1. The molecule has 2 atom stereocenters. The highest BCUT2D eigenvalue weighted by molar-refractivity contribution is 7.16. The normalized spacial score (nSPS) is 20.7. The van der Waals surface area contributed by atoms with Gasteiger partial charge in [-0.3, -0.25) is 14.7 Å². The summed E-state index contributed by atoms with van der Waals surface area (Å²) < 4.78 is 0.708. The van der Waals surface area contributed by atoms with Gasteiger partial charge in [-0.05, 0) is 37.1 Å². The van der Waals surface area contributed by atoms with E-state index in [1.165, 1.54) is 11.3 Å². The highest BCUT2D eigenvalue weighted by Gasteiger charge is 2.36. The summed E-state index contributed by atoms with van der Waals surface area (Å²) in [6, 6.07) is 8.96. The van der Waals surface area contributed by atoms with Gasteiger partial charge in [0.25, 0.3) is 0 Å². The van der Waals surface area contributed by atoms with Crippen molar-refractivity contribution in [1.82, 2.24) is 9.88 Å². The Hall–Kier alpha value is -1.43. The van der Waals surface area contributed by atoms with Gasteiger partial charge < -0.3 is 5.11 Å². The Labute approximate surface area is 138 Å². The van der Waals surface area contributed by atoms with Gasteiger partial charge in [0.1, 0.15) is 6.04 Å². The molecule has 0 aromatic carbocycles. The zero-order valence-corrected chi connectivity index (χ0v) is 13.6. The van der Waals surface area contributed by atoms with Gasteiger partial charge in [0.05, 0.1) is 16.1 Å². The number of aromatic nitrogens is 1. The summed E-state index contributed by atoms with van der Waals surface area (Å²) in [7, 11) is 0. The standard InChI is InChI=1S/C16H17ClN2O2S/c17-14-8-7-13(22-14)15(11-5-1-3-9-18-11)19-10-4-2-6-12(19)16(20)21/h1,3,5,7-9,12,15H,2,4,6,10H2,(H,20,21). The Balaban J connectivity index is 2.02. The molecule has 4 nitrogen and oxygen atoms in total. The van der Waals surface area contributed by atoms with Crippen LogP contribution in [0, 0.1) is 0 Å². The summed E-state index contributed by atoms with van der Waals surface area (Å²) >= 11 is 7.58. The Kier molecular flexibility index (Phi) is 4.76. The SMILES string of the molecule is O=C(O)C1CCCCN1C(c1ccccn1)c1ccc(Cl)s1. The fourth-order valence-electron chi connectivity index (χ4n) is 3.02. The van der Waals surface area contributed by atoms with Crippen LogP contribution in [0.2, 0.25) is 4.34 Å². The lowest BCUT2D eigenvalue weighted by atomic mass is 9.97. The predicted molar refractivity (Wildman–Crippen MR) is 87.4 cm³/mol. The predicted octanol–water partition coefficient (Wildman–Crippen LogP) is 3.83. The van der Waals surface area contributed by atoms with Crippen LogP contribution < -0.4 is 0 Å². The monoisotopic (exact) mass is 336 g/mol. The fourth-order valence-corrected chi connectivity index (χ4v) is 4.22. The van der Waals surface area contributed by atoms with E-state index in [0.717, 1.165) is 30.0 Å². The zero-order chi connectivity index (χ0) is 15.5. The first-order valence-electron chi connectivity index (χ1n) is 7.31. The summed E-state index contributed by atoms with van der Waals surface area (Å²) in [6.45, 7) is 0.758. The number of carboxylic acids is 1. The zero-order valence-electron chi connectivity index (χ0n) is 12.0. The van der Waals surface area contributed by atoms with E-state index in [-0.39, 0.29) is 6.04 Å². The molecule has 0 bridgehead atoms. The van der Waals surface area contributed by atoms with E-state index >= 15 is 0 Å². The van der Waals surface area contributed by atoms with E-state index in [4.69, 9.17) is 11.6 Å². The van der Waals surface area contributed by atoms with E-state index < -0.39 is 12.0 Å². The van der Waals surface area contributed by atoms with Crippen LogP contribution in [0.1, 0.15) is 35.9 Å². The summed E-state index contributed by atoms with van der Waals surface area (Å²) in [6.07, 6.45) is 4.38. The van der Waals surface area contributed by atoms with Crippen molar-refractivity contribution in [1.29, 1.82) is 0 Å². The van der Waals surface area contributed by atoms with Crippen LogP contribution in [-0.4, -0.2) is 33.5 Å². The average molecular weight is 337 g/mol. The van der Waals surface area contributed by atoms with Crippen LogP contribution in [0.25, 0.3) is 0 Å². The molecule has 6 heteroatoms. The molecule has 2 aromatic heterocycles. The first-order chi connectivity index (χ1) is 10.7. The summed E-state index contributed by atoms with van der Waals surface area (Å²) in [4.78, 5) is 19.2. The van der Waals surface area contributed by atoms with E-state index in [1.54, 1.807) is 6.20 Å². The second-order valence-electron chi connectivity index (χ2n) is 5.39. The van der Waals surface area contributed by atoms with Crippen molar-refractivity contribution in [3.05, 3.63) is 51.4 Å². The van der Waals surface area contributed by atoms with Crippen molar-refractivity contribution in [2.45, 2.75) is 31.3 Å². The lowest BCUT2D eigenvalue weighted by Gasteiger charge is -2.38. The lowest BCUT2D eigenvalue weighted by molar-refractivity contribution is -0.145. The number of rotatable bonds is 4. The maximum atomic E-state index is 11.7. The molecule has 2 unspecified atom stereocenters. The van der Waals surface area contributed by atoms with E-state index in [0.29, 0.717) is 10.8 Å². The minimum atomic E-state index is -0.761. The minimum absolute atomic E-state index is 0.153. The third-order valence-electron chi connectivity index (χ3n) is 3.99. The number of carbonyl (C=O) groups is 1. The van der Waals surface area contributed by atoms with Gasteiger partial charge in [-0.25, -0.2) is 0 Å². The molecular formula is C16H17ClN2O2S. The number of hydrogen-bond acceptors (Lipinski definition) is 4. The quantitative estimate of drug-likeness (QED) is 0.922. The van der Waals surface area contributed by atoms with Crippen molar-refractivity contribution >= 4 is 28.9 Å². The van der Waals surface area contributed by atoms with E-state index in [9.17, 15) is 9.90 Å². The Morgan fingerprint density at radius 1 is 1.36 bits per heavy atom. The molecule has 0 amide bonds. The van der Waals surface area contributed by atoms with Crippen molar-refractivity contribution in [2.24, 2.45) is 0 Å². The van der Waals surface area contributed by atoms with Gasteiger partial charge in [0.2, 0.25) is 0 Å². The molecule has 1 fully saturated rings. The van der Waals surface area contributed by atoms with Gasteiger partial charge >= 0.3 is 5.97 Å². The van der Waals surface area contributed by atoms with Crippen molar-refractivity contribution < 1.29 is 9.90 Å². The number of carboxylic acid groups (broad SMARTS) is 1. The van der Waals surface area contributed by atoms with E-state index in [2.05, 4.69) is 9.88 Å². The molecular weight excluding hydrogens is 320 g/mol. The summed E-state index contributed by atoms with van der Waals surface area (Å²) in [5.74, 6) is -0.761. The average Bonchev–Trinajstić information content (AvgIpc) is 2.95. The highest BCUT2D eigenvalue weighted by Crippen LogP contribution is 2.37. The van der Waals surface area contributed by atoms with Crippen LogP contribution in [0.3, 0.4) is 0 Å². The Morgan fingerprint density at radius 2 is 2.23 bits per heavy atom. The molecule has 22 heavy (non-hydrogen) atoms. The smallest absolute Gasteiger partial charge is 0.320 e. The topological polar surface area (TPSA) is 53.4 Å². The Morgan fingerprint density at radius 3 is 2.86 bits per heavy atom. The molecule has 0 saturated carbocycles. The highest BCUT2D eigenvalue weighted by atomic mass is 35.5. The largest absolute Gasteiger partial charge is 0.480 e. The first kappa shape index (κ1) is 15.5. The van der Waals surface area contributed by atoms with Crippen LogP contribution in [0.5, 0.6) is 0 Å². The molecule has 116 valence electrons. The first-order valence-corrected chi connectivity index (χ1v) is 8.51. The molecule has 1 saturated heterocycles. The van der Waals surface area contributed by atoms with Gasteiger partial charge in [0.15, 0.2) is 0 Å². The second kappa shape index (κ2) is 6.77. The molecule has 3 heterocycles. The van der Waals surface area contributed by atoms with Gasteiger partial charge in [0, 0.05) is 17.6 Å². The Bertz CT molecular complexity index is 647. The van der Waals surface area contributed by atoms with Crippen LogP contribution >= 0.6 is 22.9 Å². The molecule has 1 aliphatic rings. The van der Waals surface area contributed by atoms with Crippen LogP contribution in [0.15, 0.2) is 36.5 Å². The van der Waals surface area contributed by atoms with Crippen molar-refractivity contribution in [2.75, 3.05) is 6.54 Å². The van der Waals surface area contributed by atoms with Crippen LogP contribution in [-0.2, 0) is 4.79 Å². The lowest BCUT2D eigenvalue weighted by Crippen LogP contribution is -2.46. The molecule has 1 aliphatic heterocycles. The van der Waals surface area contributed by atoms with Gasteiger partial charge in [-0.1, -0.05) is 24.1 Å². The maximum absolute atomic E-state index is 11.7. The number of nitrogens with zero attached hydrogens (tertiary/aromatic N) is 2. The number of aliphatic carboxylic acids is 1. The van der Waals surface area contributed by atoms with Crippen molar-refractivity contribution in [3.63, 3.8) is 0 Å². The van der Waals surface area contributed by atoms with Gasteiger partial charge in [-0.2, -0.15) is 0 Å². The summed E-state index contributed by atoms with van der Waals surface area (Å²) in [5, 5.41) is 9.57. The molecule has 0 aliphatic carbocycles. The maximum Gasteiger partial charge on any atom is 0.320 e. The molecule has 0 radical (unpaired) electrons. The van der Waals surface area contributed by atoms with Crippen LogP contribution in [0.4, 0.5) is 0 Å². The second-order valence-corrected chi connectivity index (χ2v) is 7.13. The van der Waals surface area contributed by atoms with Crippen molar-refractivity contribution in [3.8, 4) is 0 Å². The molecule has 0 spiro atoms. The number of thiophene rings is 1. The van der Waals surface area contributed by atoms with Gasteiger partial charge in [-0.15, -0.1) is 11.3 Å². The third-order valence-corrected chi connectivity index (χ3v) is 5.28. The molecule has 2 aromatic rings. The number of hydrogen-bond donors (Lipinski definition) is 1. The minimum Gasteiger partial charge on any atom is -0.480 e. The summed E-state index contributed by atoms with van der Waals surface area (Å²) in [5.41, 5.74) is 0.870.